The maximum atomic E-state index is 13.2. The molecule has 0 spiro atoms. The molecule has 9 heteroatoms. The highest BCUT2D eigenvalue weighted by Gasteiger charge is 2.46. The maximum Gasteiger partial charge on any atom is 0.411 e. The summed E-state index contributed by atoms with van der Waals surface area (Å²) in [4.78, 5) is 32.8. The Bertz CT molecular complexity index is 1120. The Morgan fingerprint density at radius 3 is 2.39 bits per heavy atom. The monoisotopic (exact) mass is 493 g/mol. The molecule has 1 amide bonds. The zero-order chi connectivity index (χ0) is 24.9. The number of halogens is 1. The largest absolute Gasteiger partial charge is 0.444 e. The van der Waals surface area contributed by atoms with E-state index in [0.717, 1.165) is 0 Å². The number of benzene rings is 1. The number of carbonyl (C=O) groups is 1. The fourth-order valence-electron chi connectivity index (χ4n) is 3.83. The lowest BCUT2D eigenvalue weighted by Crippen LogP contribution is -2.45. The summed E-state index contributed by atoms with van der Waals surface area (Å²) in [5.74, 6) is 0.502. The van der Waals surface area contributed by atoms with Gasteiger partial charge in [-0.05, 0) is 51.0 Å². The molecule has 7 nitrogen and oxygen atoms in total. The third kappa shape index (κ3) is 5.28. The van der Waals surface area contributed by atoms with Crippen molar-refractivity contribution in [3.8, 4) is 0 Å². The molecule has 0 saturated carbocycles. The number of nitrogens with zero attached hydrogens (tertiary/aromatic N) is 3. The van der Waals surface area contributed by atoms with Gasteiger partial charge in [-0.25, -0.2) is 9.78 Å². The Morgan fingerprint density at radius 2 is 1.82 bits per heavy atom. The number of ether oxygens (including phenoxy) is 1. The molecule has 33 heavy (non-hydrogen) atoms. The van der Waals surface area contributed by atoms with Crippen LogP contribution < -0.4 is 5.56 Å². The second kappa shape index (κ2) is 8.71. The number of rotatable bonds is 3. The van der Waals surface area contributed by atoms with Crippen LogP contribution in [-0.4, -0.2) is 47.1 Å². The van der Waals surface area contributed by atoms with Crippen molar-refractivity contribution in [1.82, 2.24) is 14.5 Å². The molecular formula is C24H36ClN3O4Si. The third-order valence-electron chi connectivity index (χ3n) is 6.55. The summed E-state index contributed by atoms with van der Waals surface area (Å²) < 4.78 is 13.8. The van der Waals surface area contributed by atoms with Crippen LogP contribution in [0.25, 0.3) is 10.9 Å². The second-order valence-electron chi connectivity index (χ2n) is 11.4. The van der Waals surface area contributed by atoms with E-state index in [1.807, 2.05) is 20.8 Å². The van der Waals surface area contributed by atoms with Gasteiger partial charge in [0.25, 0.3) is 5.56 Å². The van der Waals surface area contributed by atoms with Gasteiger partial charge in [0.1, 0.15) is 11.4 Å². The van der Waals surface area contributed by atoms with Gasteiger partial charge in [0.05, 0.1) is 28.1 Å². The molecule has 2 heterocycles. The molecule has 0 N–H and O–H groups in total. The van der Waals surface area contributed by atoms with Crippen LogP contribution in [0.5, 0.6) is 0 Å². The quantitative estimate of drug-likeness (QED) is 0.516. The van der Waals surface area contributed by atoms with Crippen molar-refractivity contribution in [2.75, 3.05) is 6.54 Å². The molecule has 0 bridgehead atoms. The Hall–Kier alpha value is -1.90. The van der Waals surface area contributed by atoms with Crippen molar-refractivity contribution in [2.24, 2.45) is 7.05 Å². The number of hydrogen-bond acceptors (Lipinski definition) is 5. The van der Waals surface area contributed by atoms with Gasteiger partial charge in [0, 0.05) is 20.0 Å². The predicted molar refractivity (Wildman–Crippen MR) is 134 cm³/mol. The van der Waals surface area contributed by atoms with Gasteiger partial charge in [0.15, 0.2) is 8.32 Å². The maximum absolute atomic E-state index is 13.2. The van der Waals surface area contributed by atoms with Gasteiger partial charge in [-0.15, -0.1) is 0 Å². The fourth-order valence-corrected chi connectivity index (χ4v) is 5.44. The van der Waals surface area contributed by atoms with Crippen LogP contribution in [0.1, 0.15) is 59.8 Å². The first-order valence-electron chi connectivity index (χ1n) is 11.3. The Morgan fingerprint density at radius 1 is 1.18 bits per heavy atom. The van der Waals surface area contributed by atoms with Crippen molar-refractivity contribution in [1.29, 1.82) is 0 Å². The van der Waals surface area contributed by atoms with Crippen LogP contribution in [0.3, 0.4) is 0 Å². The molecule has 1 saturated heterocycles. The average molecular weight is 494 g/mol. The van der Waals surface area contributed by atoms with Crippen molar-refractivity contribution < 1.29 is 14.0 Å². The topological polar surface area (TPSA) is 73.7 Å². The second-order valence-corrected chi connectivity index (χ2v) is 16.5. The molecule has 1 aliphatic heterocycles. The fraction of sp³-hybridized carbons (Fsp3) is 0.625. The SMILES string of the molecule is Cn1c([C@@H]2C[C@@H](O[Si](C)(C)C(C)(C)C)CN2C(=O)OC(C)(C)C)nc2cccc(Cl)c2c1=O. The highest BCUT2D eigenvalue weighted by Crippen LogP contribution is 2.41. The Balaban J connectivity index is 2.06. The zero-order valence-electron chi connectivity index (χ0n) is 21.2. The standard InChI is InChI=1S/C24H36ClN3O4Si/c1-23(2,3)31-22(30)28-14-15(32-33(8,9)24(4,5)6)13-18(28)20-26-17-12-10-11-16(25)19(17)21(29)27(20)7/h10-12,15,18H,13-14H2,1-9H3/t15-,18+/m1/s1. The average Bonchev–Trinajstić information content (AvgIpc) is 3.05. The van der Waals surface area contributed by atoms with Gasteiger partial charge in [0.2, 0.25) is 0 Å². The minimum absolute atomic E-state index is 0.0344. The van der Waals surface area contributed by atoms with Gasteiger partial charge >= 0.3 is 6.09 Å². The van der Waals surface area contributed by atoms with Gasteiger partial charge in [-0.2, -0.15) is 0 Å². The molecule has 0 unspecified atom stereocenters. The van der Waals surface area contributed by atoms with Crippen LogP contribution in [0.15, 0.2) is 23.0 Å². The molecule has 3 rings (SSSR count). The lowest BCUT2D eigenvalue weighted by Gasteiger charge is -2.38. The Kier molecular flexibility index (Phi) is 6.78. The predicted octanol–water partition coefficient (Wildman–Crippen LogP) is 5.66. The third-order valence-corrected chi connectivity index (χ3v) is 11.4. The molecule has 1 aromatic carbocycles. The van der Waals surface area contributed by atoms with E-state index in [-0.39, 0.29) is 16.7 Å². The van der Waals surface area contributed by atoms with E-state index >= 15 is 0 Å². The van der Waals surface area contributed by atoms with E-state index in [1.165, 1.54) is 4.57 Å². The summed E-state index contributed by atoms with van der Waals surface area (Å²) in [6.07, 6.45) is -0.0670. The molecule has 1 aromatic heterocycles. The number of aromatic nitrogens is 2. The molecule has 0 aliphatic carbocycles. The van der Waals surface area contributed by atoms with Crippen molar-refractivity contribution >= 4 is 36.9 Å². The number of amides is 1. The van der Waals surface area contributed by atoms with Gasteiger partial charge in [-0.3, -0.25) is 14.3 Å². The summed E-state index contributed by atoms with van der Waals surface area (Å²) in [6, 6.07) is 4.77. The molecule has 182 valence electrons. The molecule has 1 fully saturated rings. The number of hydrogen-bond donors (Lipinski definition) is 0. The van der Waals surface area contributed by atoms with E-state index < -0.39 is 26.1 Å². The van der Waals surface area contributed by atoms with E-state index in [9.17, 15) is 9.59 Å². The minimum Gasteiger partial charge on any atom is -0.444 e. The van der Waals surface area contributed by atoms with Crippen molar-refractivity contribution in [2.45, 2.75) is 83.8 Å². The van der Waals surface area contributed by atoms with Crippen molar-refractivity contribution in [3.05, 3.63) is 39.4 Å². The van der Waals surface area contributed by atoms with Crippen LogP contribution in [0.2, 0.25) is 23.2 Å². The summed E-state index contributed by atoms with van der Waals surface area (Å²) in [7, 11) is -0.403. The van der Waals surface area contributed by atoms with Crippen LogP contribution in [-0.2, 0) is 16.2 Å². The number of fused-ring (bicyclic) bond motifs is 1. The van der Waals surface area contributed by atoms with E-state index in [0.29, 0.717) is 34.7 Å². The molecule has 2 atom stereocenters. The lowest BCUT2D eigenvalue weighted by atomic mass is 10.1. The summed E-state index contributed by atoms with van der Waals surface area (Å²) in [5, 5.41) is 0.773. The normalized spacial score (nSPS) is 19.9. The molecule has 1 aliphatic rings. The molecular weight excluding hydrogens is 458 g/mol. The summed E-state index contributed by atoms with van der Waals surface area (Å²) >= 11 is 6.28. The first-order valence-corrected chi connectivity index (χ1v) is 14.6. The van der Waals surface area contributed by atoms with E-state index in [4.69, 9.17) is 25.7 Å². The van der Waals surface area contributed by atoms with E-state index in [2.05, 4.69) is 33.9 Å². The van der Waals surface area contributed by atoms with Crippen molar-refractivity contribution in [3.63, 3.8) is 0 Å². The Labute approximate surface area is 202 Å². The number of likely N-dealkylation sites (tertiary alicyclic amines) is 1. The summed E-state index contributed by atoms with van der Waals surface area (Å²) in [5.41, 5.74) is -0.368. The van der Waals surface area contributed by atoms with Gasteiger partial charge in [-0.1, -0.05) is 38.4 Å². The van der Waals surface area contributed by atoms with Gasteiger partial charge < -0.3 is 9.16 Å². The lowest BCUT2D eigenvalue weighted by molar-refractivity contribution is 0.0200. The minimum atomic E-state index is -2.07. The molecule has 2 aromatic rings. The van der Waals surface area contributed by atoms with E-state index in [1.54, 1.807) is 30.1 Å². The van der Waals surface area contributed by atoms with Crippen LogP contribution in [0.4, 0.5) is 4.79 Å². The number of carbonyl (C=O) groups excluding carboxylic acids is 1. The smallest absolute Gasteiger partial charge is 0.411 e. The first-order chi connectivity index (χ1) is 15.0. The van der Waals surface area contributed by atoms with Crippen LogP contribution in [0, 0.1) is 0 Å². The highest BCUT2D eigenvalue weighted by molar-refractivity contribution is 6.74. The highest BCUT2D eigenvalue weighted by atomic mass is 35.5. The van der Waals surface area contributed by atoms with Crippen LogP contribution >= 0.6 is 11.6 Å². The zero-order valence-corrected chi connectivity index (χ0v) is 22.9. The molecule has 0 radical (unpaired) electrons. The first kappa shape index (κ1) is 25.7. The summed E-state index contributed by atoms with van der Waals surface area (Å²) in [6.45, 7) is 16.9.